The summed E-state index contributed by atoms with van der Waals surface area (Å²) >= 11 is 5.85. The largest absolute Gasteiger partial charge is 0.478 e. The Balaban J connectivity index is 2.60. The molecule has 18 heavy (non-hydrogen) atoms. The van der Waals surface area contributed by atoms with Crippen LogP contribution in [0.15, 0.2) is 36.4 Å². The van der Waals surface area contributed by atoms with E-state index in [9.17, 15) is 9.18 Å². The van der Waals surface area contributed by atoms with E-state index in [0.29, 0.717) is 10.6 Å². The maximum atomic E-state index is 13.4. The number of halogens is 2. The number of rotatable bonds is 2. The van der Waals surface area contributed by atoms with Gasteiger partial charge in [0, 0.05) is 5.02 Å². The highest BCUT2D eigenvalue weighted by Gasteiger charge is 2.10. The lowest BCUT2D eigenvalue weighted by Gasteiger charge is -2.08. The number of carboxylic acids is 1. The highest BCUT2D eigenvalue weighted by molar-refractivity contribution is 6.30. The monoisotopic (exact) mass is 264 g/mol. The van der Waals surface area contributed by atoms with Gasteiger partial charge in [-0.2, -0.15) is 0 Å². The first-order chi connectivity index (χ1) is 8.47. The first-order valence-corrected chi connectivity index (χ1v) is 5.65. The average Bonchev–Trinajstić information content (AvgIpc) is 2.27. The molecule has 0 saturated heterocycles. The third kappa shape index (κ3) is 2.51. The van der Waals surface area contributed by atoms with Crippen molar-refractivity contribution in [1.82, 2.24) is 0 Å². The number of carboxylic acid groups (broad SMARTS) is 1. The molecule has 4 heteroatoms. The van der Waals surface area contributed by atoms with Gasteiger partial charge in [0.2, 0.25) is 0 Å². The molecular formula is C14H10ClFO2. The molecule has 0 atom stereocenters. The zero-order valence-corrected chi connectivity index (χ0v) is 10.3. The second-order valence-electron chi connectivity index (χ2n) is 3.99. The standard InChI is InChI=1S/C14H10ClFO2/c1-8-4-11(15)2-3-13(8)9-5-10(14(17)18)7-12(16)6-9/h2-7H,1H3,(H,17,18). The van der Waals surface area contributed by atoms with Gasteiger partial charge in [0.15, 0.2) is 0 Å². The fourth-order valence-corrected chi connectivity index (χ4v) is 2.05. The lowest BCUT2D eigenvalue weighted by molar-refractivity contribution is 0.0696. The summed E-state index contributed by atoms with van der Waals surface area (Å²) in [6, 6.07) is 8.94. The second kappa shape index (κ2) is 4.78. The summed E-state index contributed by atoms with van der Waals surface area (Å²) in [5.74, 6) is -1.72. The highest BCUT2D eigenvalue weighted by Crippen LogP contribution is 2.27. The molecule has 2 rings (SSSR count). The van der Waals surface area contributed by atoms with Gasteiger partial charge in [0.25, 0.3) is 0 Å². The molecule has 0 fully saturated rings. The van der Waals surface area contributed by atoms with Gasteiger partial charge < -0.3 is 5.11 Å². The number of hydrogen-bond donors (Lipinski definition) is 1. The smallest absolute Gasteiger partial charge is 0.335 e. The zero-order valence-electron chi connectivity index (χ0n) is 9.58. The predicted octanol–water partition coefficient (Wildman–Crippen LogP) is 4.15. The van der Waals surface area contributed by atoms with E-state index >= 15 is 0 Å². The van der Waals surface area contributed by atoms with Crippen LogP contribution in [0.25, 0.3) is 11.1 Å². The lowest BCUT2D eigenvalue weighted by atomic mass is 9.99. The van der Waals surface area contributed by atoms with Gasteiger partial charge in [-0.1, -0.05) is 17.7 Å². The maximum Gasteiger partial charge on any atom is 0.335 e. The Bertz CT molecular complexity index is 623. The first-order valence-electron chi connectivity index (χ1n) is 5.28. The van der Waals surface area contributed by atoms with Crippen LogP contribution in [0, 0.1) is 12.7 Å². The lowest BCUT2D eigenvalue weighted by Crippen LogP contribution is -1.98. The molecule has 0 aliphatic heterocycles. The van der Waals surface area contributed by atoms with Crippen LogP contribution < -0.4 is 0 Å². The third-order valence-electron chi connectivity index (χ3n) is 2.64. The fraction of sp³-hybridized carbons (Fsp3) is 0.0714. The van der Waals surface area contributed by atoms with Crippen molar-refractivity contribution in [1.29, 1.82) is 0 Å². The summed E-state index contributed by atoms with van der Waals surface area (Å²) in [6.07, 6.45) is 0. The molecule has 0 amide bonds. The molecule has 2 nitrogen and oxygen atoms in total. The maximum absolute atomic E-state index is 13.4. The van der Waals surface area contributed by atoms with Crippen LogP contribution in [0.2, 0.25) is 5.02 Å². The topological polar surface area (TPSA) is 37.3 Å². The molecule has 0 bridgehead atoms. The zero-order chi connectivity index (χ0) is 13.3. The van der Waals surface area contributed by atoms with Crippen LogP contribution in [0.1, 0.15) is 15.9 Å². The van der Waals surface area contributed by atoms with Crippen molar-refractivity contribution in [2.24, 2.45) is 0 Å². The number of hydrogen-bond acceptors (Lipinski definition) is 1. The van der Waals surface area contributed by atoms with Crippen molar-refractivity contribution in [3.63, 3.8) is 0 Å². The molecule has 1 N–H and O–H groups in total. The molecular weight excluding hydrogens is 255 g/mol. The van der Waals surface area contributed by atoms with Crippen LogP contribution >= 0.6 is 11.6 Å². The van der Waals surface area contributed by atoms with Crippen LogP contribution in [0.3, 0.4) is 0 Å². The predicted molar refractivity (Wildman–Crippen MR) is 68.5 cm³/mol. The molecule has 92 valence electrons. The number of carbonyl (C=O) groups is 1. The molecule has 0 unspecified atom stereocenters. The van der Waals surface area contributed by atoms with Crippen molar-refractivity contribution in [2.45, 2.75) is 6.92 Å². The average molecular weight is 265 g/mol. The minimum Gasteiger partial charge on any atom is -0.478 e. The Labute approximate surface area is 109 Å². The second-order valence-corrected chi connectivity index (χ2v) is 4.43. The van der Waals surface area contributed by atoms with E-state index in [2.05, 4.69) is 0 Å². The van der Waals surface area contributed by atoms with E-state index in [1.165, 1.54) is 12.1 Å². The molecule has 0 saturated carbocycles. The summed E-state index contributed by atoms with van der Waals surface area (Å²) in [6.45, 7) is 1.84. The SMILES string of the molecule is Cc1cc(Cl)ccc1-c1cc(F)cc(C(=O)O)c1. The first kappa shape index (κ1) is 12.6. The van der Waals surface area contributed by atoms with Gasteiger partial charge in [0.05, 0.1) is 5.56 Å². The molecule has 2 aromatic rings. The Kier molecular flexibility index (Phi) is 3.34. The normalized spacial score (nSPS) is 10.4. The highest BCUT2D eigenvalue weighted by atomic mass is 35.5. The fourth-order valence-electron chi connectivity index (χ4n) is 1.82. The van der Waals surface area contributed by atoms with Gasteiger partial charge >= 0.3 is 5.97 Å². The summed E-state index contributed by atoms with van der Waals surface area (Å²) in [5, 5.41) is 9.50. The van der Waals surface area contributed by atoms with E-state index in [1.807, 2.05) is 6.92 Å². The van der Waals surface area contributed by atoms with Crippen LogP contribution in [0.4, 0.5) is 4.39 Å². The van der Waals surface area contributed by atoms with Crippen molar-refractivity contribution < 1.29 is 14.3 Å². The Morgan fingerprint density at radius 2 is 1.94 bits per heavy atom. The number of aromatic carboxylic acids is 1. The molecule has 0 heterocycles. The Morgan fingerprint density at radius 1 is 1.22 bits per heavy atom. The van der Waals surface area contributed by atoms with Gasteiger partial charge in [-0.15, -0.1) is 0 Å². The summed E-state index contributed by atoms with van der Waals surface area (Å²) in [5.41, 5.74) is 2.09. The number of benzene rings is 2. The Hall–Kier alpha value is -1.87. The van der Waals surface area contributed by atoms with Crippen LogP contribution in [0.5, 0.6) is 0 Å². The van der Waals surface area contributed by atoms with E-state index < -0.39 is 11.8 Å². The molecule has 0 aliphatic rings. The van der Waals surface area contributed by atoms with E-state index in [-0.39, 0.29) is 5.56 Å². The van der Waals surface area contributed by atoms with E-state index in [1.54, 1.807) is 18.2 Å². The van der Waals surface area contributed by atoms with Crippen molar-refractivity contribution in [3.05, 3.63) is 58.4 Å². The molecule has 0 aromatic heterocycles. The van der Waals surface area contributed by atoms with Crippen LogP contribution in [-0.2, 0) is 0 Å². The molecule has 0 radical (unpaired) electrons. The van der Waals surface area contributed by atoms with Gasteiger partial charge in [-0.25, -0.2) is 9.18 Å². The summed E-state index contributed by atoms with van der Waals surface area (Å²) in [7, 11) is 0. The van der Waals surface area contributed by atoms with Crippen molar-refractivity contribution in [2.75, 3.05) is 0 Å². The molecule has 0 aliphatic carbocycles. The quantitative estimate of drug-likeness (QED) is 0.885. The van der Waals surface area contributed by atoms with Crippen molar-refractivity contribution in [3.8, 4) is 11.1 Å². The molecule has 2 aromatic carbocycles. The van der Waals surface area contributed by atoms with E-state index in [0.717, 1.165) is 17.2 Å². The minimum atomic E-state index is -1.15. The minimum absolute atomic E-state index is 0.0700. The Morgan fingerprint density at radius 3 is 2.56 bits per heavy atom. The van der Waals surface area contributed by atoms with Crippen LogP contribution in [-0.4, -0.2) is 11.1 Å². The summed E-state index contributed by atoms with van der Waals surface area (Å²) in [4.78, 5) is 10.9. The van der Waals surface area contributed by atoms with E-state index in [4.69, 9.17) is 16.7 Å². The van der Waals surface area contributed by atoms with Gasteiger partial charge in [-0.05, 0) is 53.9 Å². The summed E-state index contributed by atoms with van der Waals surface area (Å²) < 4.78 is 13.4. The van der Waals surface area contributed by atoms with Gasteiger partial charge in [0.1, 0.15) is 5.82 Å². The van der Waals surface area contributed by atoms with Gasteiger partial charge in [-0.3, -0.25) is 0 Å². The third-order valence-corrected chi connectivity index (χ3v) is 2.88. The number of aryl methyl sites for hydroxylation is 1. The molecule has 0 spiro atoms. The van der Waals surface area contributed by atoms with Crippen molar-refractivity contribution >= 4 is 17.6 Å².